The van der Waals surface area contributed by atoms with Gasteiger partial charge in [0.2, 0.25) is 0 Å². The molecule has 0 heterocycles. The lowest BCUT2D eigenvalue weighted by Crippen LogP contribution is -2.15. The van der Waals surface area contributed by atoms with Crippen LogP contribution in [0, 0.1) is 6.92 Å². The van der Waals surface area contributed by atoms with E-state index in [1.807, 2.05) is 0 Å². The van der Waals surface area contributed by atoms with E-state index >= 15 is 0 Å². The Bertz CT molecular complexity index is 4730. The van der Waals surface area contributed by atoms with Crippen LogP contribution in [0.25, 0.3) is 132 Å². The Labute approximate surface area is 469 Å². The number of benzene rings is 13. The fourth-order valence-electron chi connectivity index (χ4n) is 15.2. The fourth-order valence-corrected chi connectivity index (χ4v) is 15.2. The highest BCUT2D eigenvalue weighted by Gasteiger charge is 2.39. The van der Waals surface area contributed by atoms with Gasteiger partial charge in [-0.05, 0) is 203 Å². The molecule has 0 nitrogen and oxygen atoms in total. The summed E-state index contributed by atoms with van der Waals surface area (Å²) >= 11 is 0. The van der Waals surface area contributed by atoms with Crippen molar-refractivity contribution in [3.05, 3.63) is 276 Å². The molecule has 80 heavy (non-hydrogen) atoms. The summed E-state index contributed by atoms with van der Waals surface area (Å²) in [7, 11) is 0. The summed E-state index contributed by atoms with van der Waals surface area (Å²) in [6.07, 6.45) is 0. The minimum absolute atomic E-state index is 0.0797. The molecule has 0 bridgehead atoms. The Morgan fingerprint density at radius 3 is 0.750 bits per heavy atom. The van der Waals surface area contributed by atoms with E-state index in [1.54, 1.807) is 0 Å². The van der Waals surface area contributed by atoms with Crippen LogP contribution < -0.4 is 0 Å². The van der Waals surface area contributed by atoms with E-state index in [9.17, 15) is 0 Å². The quantitative estimate of drug-likeness (QED) is 0.151. The zero-order chi connectivity index (χ0) is 54.0. The molecule has 380 valence electrons. The fraction of sp³-hybridized carbons (Fsp3) is 0.125. The highest BCUT2D eigenvalue weighted by atomic mass is 14.4. The Morgan fingerprint density at radius 2 is 0.425 bits per heavy atom. The average Bonchev–Trinajstić information content (AvgIpc) is 4.06. The van der Waals surface area contributed by atoms with Gasteiger partial charge in [-0.3, -0.25) is 0 Å². The number of fused-ring (bicyclic) bond motifs is 13. The predicted molar refractivity (Wildman–Crippen MR) is 341 cm³/mol. The van der Waals surface area contributed by atoms with E-state index in [-0.39, 0.29) is 16.2 Å². The van der Waals surface area contributed by atoms with Gasteiger partial charge in [-0.25, -0.2) is 0 Å². The lowest BCUT2D eigenvalue weighted by Gasteiger charge is -2.24. The van der Waals surface area contributed by atoms with Crippen LogP contribution in [-0.2, 0) is 16.2 Å². The Balaban J connectivity index is 0.758. The van der Waals surface area contributed by atoms with Crippen LogP contribution in [0.1, 0.15) is 80.5 Å². The Morgan fingerprint density at radius 1 is 0.200 bits per heavy atom. The zero-order valence-corrected chi connectivity index (χ0v) is 46.5. The average molecular weight is 1020 g/mol. The van der Waals surface area contributed by atoms with Crippen molar-refractivity contribution < 1.29 is 0 Å². The van der Waals surface area contributed by atoms with E-state index in [2.05, 4.69) is 285 Å². The smallest absolute Gasteiger partial charge is 0.0159 e. The molecule has 0 radical (unpaired) electrons. The molecule has 16 rings (SSSR count). The Hall–Kier alpha value is -9.10. The molecule has 0 saturated heterocycles. The predicted octanol–water partition coefficient (Wildman–Crippen LogP) is 21.9. The number of hydrogen-bond donors (Lipinski definition) is 0. The standard InChI is InChI=1S/C80H60/c1-47-28-30-48(31-29-47)74-60-19-8-10-21-62(60)75(63-22-11-9-20-61(63)74)52-35-40-58-56-37-32-49(42-69(56)79(4,5)72(58)45-52)50-33-38-57-59-41-36-53(46-73(59)80(6,7)70(57)43-50)77-66-25-14-12-23-64(66)76(65-24-13-15-26-67(65)77)51-34-39-55-54-18-16-17-27-68(54)78(2,3)71(55)44-51/h8-46H,1-7H3. The lowest BCUT2D eigenvalue weighted by molar-refractivity contribution is 0.660. The van der Waals surface area contributed by atoms with Crippen LogP contribution in [0.2, 0.25) is 0 Å². The maximum atomic E-state index is 2.52. The molecule has 0 saturated carbocycles. The number of hydrogen-bond acceptors (Lipinski definition) is 0. The monoisotopic (exact) mass is 1020 g/mol. The molecule has 0 atom stereocenters. The van der Waals surface area contributed by atoms with Crippen LogP contribution in [0.3, 0.4) is 0 Å². The summed E-state index contributed by atoms with van der Waals surface area (Å²) in [6, 6.07) is 90.5. The summed E-state index contributed by atoms with van der Waals surface area (Å²) in [4.78, 5) is 0. The van der Waals surface area contributed by atoms with Crippen LogP contribution in [0.15, 0.2) is 237 Å². The van der Waals surface area contributed by atoms with Crippen molar-refractivity contribution in [3.8, 4) is 89.0 Å². The van der Waals surface area contributed by atoms with Gasteiger partial charge in [0.1, 0.15) is 0 Å². The maximum Gasteiger partial charge on any atom is 0.0159 e. The molecule has 3 aliphatic carbocycles. The second kappa shape index (κ2) is 16.7. The minimum Gasteiger partial charge on any atom is -0.0619 e. The van der Waals surface area contributed by atoms with Gasteiger partial charge in [-0.15, -0.1) is 0 Å². The molecule has 0 spiro atoms. The summed E-state index contributed by atoms with van der Waals surface area (Å²) in [5, 5.41) is 10.3. The molecule has 3 aliphatic rings. The van der Waals surface area contributed by atoms with Gasteiger partial charge in [0.05, 0.1) is 0 Å². The van der Waals surface area contributed by atoms with Crippen LogP contribution >= 0.6 is 0 Å². The van der Waals surface area contributed by atoms with Crippen molar-refractivity contribution >= 4 is 43.1 Å². The van der Waals surface area contributed by atoms with Crippen molar-refractivity contribution in [2.75, 3.05) is 0 Å². The van der Waals surface area contributed by atoms with E-state index in [0.717, 1.165) is 0 Å². The normalized spacial score (nSPS) is 14.7. The molecule has 0 aliphatic heterocycles. The molecule has 13 aromatic carbocycles. The largest absolute Gasteiger partial charge is 0.0619 e. The highest BCUT2D eigenvalue weighted by Crippen LogP contribution is 2.56. The molecule has 13 aromatic rings. The van der Waals surface area contributed by atoms with Crippen LogP contribution in [0.5, 0.6) is 0 Å². The zero-order valence-electron chi connectivity index (χ0n) is 46.5. The van der Waals surface area contributed by atoms with Crippen molar-refractivity contribution in [3.63, 3.8) is 0 Å². The first-order valence-electron chi connectivity index (χ1n) is 28.6. The second-order valence-corrected chi connectivity index (χ2v) is 24.8. The number of rotatable bonds is 5. The van der Waals surface area contributed by atoms with E-state index in [1.165, 1.54) is 171 Å². The van der Waals surface area contributed by atoms with Gasteiger partial charge in [-0.2, -0.15) is 0 Å². The molecule has 0 fully saturated rings. The van der Waals surface area contributed by atoms with E-state index < -0.39 is 0 Å². The van der Waals surface area contributed by atoms with Gasteiger partial charge in [0.15, 0.2) is 0 Å². The maximum absolute atomic E-state index is 2.52. The first-order chi connectivity index (χ1) is 38.9. The van der Waals surface area contributed by atoms with Crippen LogP contribution in [-0.4, -0.2) is 0 Å². The van der Waals surface area contributed by atoms with E-state index in [4.69, 9.17) is 0 Å². The van der Waals surface area contributed by atoms with Gasteiger partial charge in [0, 0.05) is 16.2 Å². The van der Waals surface area contributed by atoms with E-state index in [0.29, 0.717) is 0 Å². The third kappa shape index (κ3) is 6.51. The van der Waals surface area contributed by atoms with Crippen molar-refractivity contribution in [2.24, 2.45) is 0 Å². The van der Waals surface area contributed by atoms with Gasteiger partial charge >= 0.3 is 0 Å². The van der Waals surface area contributed by atoms with Gasteiger partial charge in [-0.1, -0.05) is 253 Å². The summed E-state index contributed by atoms with van der Waals surface area (Å²) in [5.41, 5.74) is 29.9. The van der Waals surface area contributed by atoms with Gasteiger partial charge < -0.3 is 0 Å². The Kier molecular flexibility index (Phi) is 9.81. The first-order valence-corrected chi connectivity index (χ1v) is 28.6. The molecular formula is C80H60. The summed E-state index contributed by atoms with van der Waals surface area (Å²) < 4.78 is 0. The molecule has 0 heteroatoms. The molecule has 0 unspecified atom stereocenters. The molecular weight excluding hydrogens is 961 g/mol. The van der Waals surface area contributed by atoms with Crippen molar-refractivity contribution in [2.45, 2.75) is 64.7 Å². The second-order valence-electron chi connectivity index (χ2n) is 24.8. The highest BCUT2D eigenvalue weighted by molar-refractivity contribution is 6.23. The topological polar surface area (TPSA) is 0 Å². The van der Waals surface area contributed by atoms with Crippen molar-refractivity contribution in [1.29, 1.82) is 0 Å². The summed E-state index contributed by atoms with van der Waals surface area (Å²) in [5.74, 6) is 0. The third-order valence-corrected chi connectivity index (χ3v) is 19.3. The molecule has 0 N–H and O–H groups in total. The molecule has 0 amide bonds. The summed E-state index contributed by atoms with van der Waals surface area (Å²) in [6.45, 7) is 16.6. The SMILES string of the molecule is Cc1ccc(-c2c3ccccc3c(-c3ccc4c(c3)C(C)(C)c3cc(-c5ccc6c(c5)C(C)(C)c5cc(-c7c8ccccc8c(-c8ccc9c(c8)C(C)(C)c8ccccc8-9)c8ccccc78)ccc5-6)ccc3-4)c3ccccc23)cc1. The lowest BCUT2D eigenvalue weighted by atomic mass is 9.79. The van der Waals surface area contributed by atoms with Crippen molar-refractivity contribution in [1.82, 2.24) is 0 Å². The third-order valence-electron chi connectivity index (χ3n) is 19.3. The minimum atomic E-state index is -0.216. The van der Waals surface area contributed by atoms with Crippen LogP contribution in [0.4, 0.5) is 0 Å². The van der Waals surface area contributed by atoms with Gasteiger partial charge in [0.25, 0.3) is 0 Å². The first kappa shape index (κ1) is 46.9. The number of aryl methyl sites for hydroxylation is 1. The molecule has 0 aromatic heterocycles.